The molecule has 0 aliphatic carbocycles. The molecule has 1 rings (SSSR count). The minimum Gasteiger partial charge on any atom is -0.496 e. The van der Waals surface area contributed by atoms with Crippen LogP contribution in [0, 0.1) is 6.92 Å². The Kier molecular flexibility index (Phi) is 4.42. The van der Waals surface area contributed by atoms with E-state index in [4.69, 9.17) is 10.5 Å². The molecule has 0 bridgehead atoms. The van der Waals surface area contributed by atoms with Crippen LogP contribution in [0.1, 0.15) is 17.5 Å². The summed E-state index contributed by atoms with van der Waals surface area (Å²) >= 11 is 3.48. The van der Waals surface area contributed by atoms with Crippen molar-refractivity contribution in [3.05, 3.63) is 27.7 Å². The van der Waals surface area contributed by atoms with Gasteiger partial charge in [0.05, 0.1) is 11.6 Å². The standard InChI is InChI=1S/C11H16BrNO/c1-8-6-11(14-2)10(12)7-9(8)4-3-5-13/h6-7H,3-5,13H2,1-2H3. The van der Waals surface area contributed by atoms with Crippen molar-refractivity contribution in [3.8, 4) is 5.75 Å². The number of hydrogen-bond acceptors (Lipinski definition) is 2. The SMILES string of the molecule is COc1cc(C)c(CCCN)cc1Br. The van der Waals surface area contributed by atoms with Gasteiger partial charge >= 0.3 is 0 Å². The summed E-state index contributed by atoms with van der Waals surface area (Å²) in [7, 11) is 1.68. The lowest BCUT2D eigenvalue weighted by molar-refractivity contribution is 0.411. The second-order valence-electron chi connectivity index (χ2n) is 3.31. The quantitative estimate of drug-likeness (QED) is 0.901. The largest absolute Gasteiger partial charge is 0.496 e. The number of halogens is 1. The molecule has 0 spiro atoms. The van der Waals surface area contributed by atoms with Crippen molar-refractivity contribution in [3.63, 3.8) is 0 Å². The van der Waals surface area contributed by atoms with E-state index in [1.54, 1.807) is 7.11 Å². The summed E-state index contributed by atoms with van der Waals surface area (Å²) in [4.78, 5) is 0. The van der Waals surface area contributed by atoms with E-state index in [0.717, 1.165) is 29.6 Å². The maximum Gasteiger partial charge on any atom is 0.133 e. The van der Waals surface area contributed by atoms with Crippen LogP contribution in [0.3, 0.4) is 0 Å². The van der Waals surface area contributed by atoms with E-state index in [2.05, 4.69) is 35.0 Å². The molecule has 78 valence electrons. The number of ether oxygens (including phenoxy) is 1. The molecule has 0 aliphatic rings. The van der Waals surface area contributed by atoms with Gasteiger partial charge in [-0.3, -0.25) is 0 Å². The molecule has 0 fully saturated rings. The summed E-state index contributed by atoms with van der Waals surface area (Å²) in [6.07, 6.45) is 2.06. The van der Waals surface area contributed by atoms with Crippen LogP contribution < -0.4 is 10.5 Å². The number of hydrogen-bond donors (Lipinski definition) is 1. The van der Waals surface area contributed by atoms with E-state index < -0.39 is 0 Å². The van der Waals surface area contributed by atoms with Crippen molar-refractivity contribution < 1.29 is 4.74 Å². The fraction of sp³-hybridized carbons (Fsp3) is 0.455. The van der Waals surface area contributed by atoms with Gasteiger partial charge in [0.15, 0.2) is 0 Å². The Balaban J connectivity index is 2.90. The zero-order valence-electron chi connectivity index (χ0n) is 8.64. The van der Waals surface area contributed by atoms with E-state index in [-0.39, 0.29) is 0 Å². The highest BCUT2D eigenvalue weighted by atomic mass is 79.9. The molecule has 2 N–H and O–H groups in total. The average molecular weight is 258 g/mol. The second kappa shape index (κ2) is 5.37. The Morgan fingerprint density at radius 2 is 2.14 bits per heavy atom. The predicted octanol–water partition coefficient (Wildman–Crippen LogP) is 2.66. The monoisotopic (exact) mass is 257 g/mol. The molecular weight excluding hydrogens is 242 g/mol. The van der Waals surface area contributed by atoms with Gasteiger partial charge in [0.2, 0.25) is 0 Å². The summed E-state index contributed by atoms with van der Waals surface area (Å²) in [6.45, 7) is 2.84. The summed E-state index contributed by atoms with van der Waals surface area (Å²) in [6, 6.07) is 4.17. The molecule has 2 nitrogen and oxygen atoms in total. The number of rotatable bonds is 4. The molecule has 0 heterocycles. The van der Waals surface area contributed by atoms with Gasteiger partial charge in [-0.25, -0.2) is 0 Å². The highest BCUT2D eigenvalue weighted by molar-refractivity contribution is 9.10. The zero-order valence-corrected chi connectivity index (χ0v) is 10.2. The van der Waals surface area contributed by atoms with E-state index in [0.29, 0.717) is 0 Å². The van der Waals surface area contributed by atoms with Crippen molar-refractivity contribution in [2.45, 2.75) is 19.8 Å². The summed E-state index contributed by atoms with van der Waals surface area (Å²) in [5.41, 5.74) is 8.08. The maximum absolute atomic E-state index is 5.48. The zero-order chi connectivity index (χ0) is 10.6. The number of nitrogens with two attached hydrogens (primary N) is 1. The first kappa shape index (κ1) is 11.5. The molecule has 0 radical (unpaired) electrons. The number of benzene rings is 1. The second-order valence-corrected chi connectivity index (χ2v) is 4.16. The van der Waals surface area contributed by atoms with Crippen LogP contribution in [0.2, 0.25) is 0 Å². The molecule has 0 saturated heterocycles. The van der Waals surface area contributed by atoms with Crippen LogP contribution in [0.25, 0.3) is 0 Å². The van der Waals surface area contributed by atoms with E-state index in [1.807, 2.05) is 0 Å². The first-order valence-corrected chi connectivity index (χ1v) is 5.51. The predicted molar refractivity (Wildman–Crippen MR) is 62.8 cm³/mol. The highest BCUT2D eigenvalue weighted by Crippen LogP contribution is 2.28. The summed E-state index contributed by atoms with van der Waals surface area (Å²) in [5.74, 6) is 0.888. The van der Waals surface area contributed by atoms with E-state index in [1.165, 1.54) is 11.1 Å². The summed E-state index contributed by atoms with van der Waals surface area (Å²) < 4.78 is 6.23. The van der Waals surface area contributed by atoms with E-state index >= 15 is 0 Å². The van der Waals surface area contributed by atoms with E-state index in [9.17, 15) is 0 Å². The smallest absolute Gasteiger partial charge is 0.133 e. The molecule has 0 aromatic heterocycles. The molecule has 1 aromatic rings. The molecular formula is C11H16BrNO. The normalized spacial score (nSPS) is 10.3. The van der Waals surface area contributed by atoms with Crippen LogP contribution in [-0.4, -0.2) is 13.7 Å². The van der Waals surface area contributed by atoms with Crippen molar-refractivity contribution in [2.75, 3.05) is 13.7 Å². The third kappa shape index (κ3) is 2.72. The summed E-state index contributed by atoms with van der Waals surface area (Å²) in [5, 5.41) is 0. The van der Waals surface area contributed by atoms with Crippen LogP contribution >= 0.6 is 15.9 Å². The van der Waals surface area contributed by atoms with Crippen molar-refractivity contribution in [1.82, 2.24) is 0 Å². The van der Waals surface area contributed by atoms with Crippen molar-refractivity contribution in [2.24, 2.45) is 5.73 Å². The first-order chi connectivity index (χ1) is 6.69. The van der Waals surface area contributed by atoms with Crippen molar-refractivity contribution >= 4 is 15.9 Å². The Morgan fingerprint density at radius 3 is 2.71 bits per heavy atom. The van der Waals surface area contributed by atoms with Gasteiger partial charge in [-0.1, -0.05) is 0 Å². The topological polar surface area (TPSA) is 35.2 Å². The van der Waals surface area contributed by atoms with Crippen LogP contribution in [0.4, 0.5) is 0 Å². The van der Waals surface area contributed by atoms with Crippen LogP contribution in [0.15, 0.2) is 16.6 Å². The molecule has 14 heavy (non-hydrogen) atoms. The third-order valence-electron chi connectivity index (χ3n) is 2.26. The van der Waals surface area contributed by atoms with Crippen LogP contribution in [-0.2, 0) is 6.42 Å². The molecule has 0 unspecified atom stereocenters. The minimum atomic E-state index is 0.739. The van der Waals surface area contributed by atoms with Gasteiger partial charge in [-0.15, -0.1) is 0 Å². The van der Waals surface area contributed by atoms with Gasteiger partial charge in [-0.05, 0) is 65.5 Å². The molecule has 1 aromatic carbocycles. The molecule has 0 aliphatic heterocycles. The molecule has 0 saturated carbocycles. The minimum absolute atomic E-state index is 0.739. The van der Waals surface area contributed by atoms with Crippen LogP contribution in [0.5, 0.6) is 5.75 Å². The lowest BCUT2D eigenvalue weighted by Crippen LogP contribution is -2.01. The Bertz CT molecular complexity index is 312. The first-order valence-electron chi connectivity index (χ1n) is 4.72. The fourth-order valence-corrected chi connectivity index (χ4v) is 1.97. The average Bonchev–Trinajstić information content (AvgIpc) is 2.18. The molecule has 0 atom stereocenters. The molecule has 0 amide bonds. The Labute approximate surface area is 93.6 Å². The Hall–Kier alpha value is -0.540. The highest BCUT2D eigenvalue weighted by Gasteiger charge is 2.05. The number of methoxy groups -OCH3 is 1. The lowest BCUT2D eigenvalue weighted by atomic mass is 10.0. The Morgan fingerprint density at radius 1 is 1.43 bits per heavy atom. The fourth-order valence-electron chi connectivity index (χ4n) is 1.41. The van der Waals surface area contributed by atoms with Crippen molar-refractivity contribution in [1.29, 1.82) is 0 Å². The van der Waals surface area contributed by atoms with Gasteiger partial charge < -0.3 is 10.5 Å². The van der Waals surface area contributed by atoms with Gasteiger partial charge in [-0.2, -0.15) is 0 Å². The molecule has 3 heteroatoms. The number of aryl methyl sites for hydroxylation is 2. The third-order valence-corrected chi connectivity index (χ3v) is 2.88. The van der Waals surface area contributed by atoms with Gasteiger partial charge in [0, 0.05) is 0 Å². The lowest BCUT2D eigenvalue weighted by Gasteiger charge is -2.09. The van der Waals surface area contributed by atoms with Gasteiger partial charge in [0.25, 0.3) is 0 Å². The van der Waals surface area contributed by atoms with Gasteiger partial charge in [0.1, 0.15) is 5.75 Å². The maximum atomic E-state index is 5.48.